The van der Waals surface area contributed by atoms with Crippen molar-refractivity contribution in [3.63, 3.8) is 0 Å². The van der Waals surface area contributed by atoms with Crippen molar-refractivity contribution in [2.75, 3.05) is 18.5 Å². The molecule has 1 N–H and O–H groups in total. The first-order valence-corrected chi connectivity index (χ1v) is 6.38. The smallest absolute Gasteiger partial charge is 0.133 e. The molecule has 0 fully saturated rings. The SMILES string of the molecule is CCN(c1ccc(F)cc1)c1cccc(CNC)n1. The maximum atomic E-state index is 13.0. The molecular formula is C15H18FN3. The van der Waals surface area contributed by atoms with Crippen molar-refractivity contribution in [1.82, 2.24) is 10.3 Å². The van der Waals surface area contributed by atoms with E-state index in [-0.39, 0.29) is 5.82 Å². The van der Waals surface area contributed by atoms with E-state index >= 15 is 0 Å². The van der Waals surface area contributed by atoms with Crippen molar-refractivity contribution in [2.45, 2.75) is 13.5 Å². The Balaban J connectivity index is 2.30. The number of benzene rings is 1. The number of pyridine rings is 1. The summed E-state index contributed by atoms with van der Waals surface area (Å²) in [5.41, 5.74) is 1.93. The van der Waals surface area contributed by atoms with Gasteiger partial charge in [0.05, 0.1) is 5.69 Å². The molecule has 0 atom stereocenters. The fourth-order valence-electron chi connectivity index (χ4n) is 1.99. The molecule has 0 aliphatic rings. The summed E-state index contributed by atoms with van der Waals surface area (Å²) >= 11 is 0. The monoisotopic (exact) mass is 259 g/mol. The third kappa shape index (κ3) is 3.29. The molecular weight excluding hydrogens is 241 g/mol. The topological polar surface area (TPSA) is 28.2 Å². The Labute approximate surface area is 113 Å². The minimum absolute atomic E-state index is 0.225. The lowest BCUT2D eigenvalue weighted by Gasteiger charge is -2.22. The van der Waals surface area contributed by atoms with Gasteiger partial charge in [0.1, 0.15) is 11.6 Å². The lowest BCUT2D eigenvalue weighted by molar-refractivity contribution is 0.627. The van der Waals surface area contributed by atoms with E-state index in [1.165, 1.54) is 12.1 Å². The minimum atomic E-state index is -0.225. The van der Waals surface area contributed by atoms with Gasteiger partial charge in [-0.25, -0.2) is 9.37 Å². The first-order chi connectivity index (χ1) is 9.24. The molecule has 0 aliphatic carbocycles. The number of hydrogen-bond donors (Lipinski definition) is 1. The number of nitrogens with zero attached hydrogens (tertiary/aromatic N) is 2. The van der Waals surface area contributed by atoms with Crippen molar-refractivity contribution in [2.24, 2.45) is 0 Å². The van der Waals surface area contributed by atoms with Gasteiger partial charge in [-0.2, -0.15) is 0 Å². The fourth-order valence-corrected chi connectivity index (χ4v) is 1.99. The van der Waals surface area contributed by atoms with Gasteiger partial charge in [0.15, 0.2) is 0 Å². The Morgan fingerprint density at radius 2 is 1.89 bits per heavy atom. The van der Waals surface area contributed by atoms with E-state index in [0.29, 0.717) is 0 Å². The standard InChI is InChI=1S/C15H18FN3/c1-3-19(14-9-7-12(16)8-10-14)15-6-4-5-13(18-15)11-17-2/h4-10,17H,3,11H2,1-2H3. The molecule has 0 saturated heterocycles. The average molecular weight is 259 g/mol. The molecule has 1 aromatic heterocycles. The largest absolute Gasteiger partial charge is 0.327 e. The van der Waals surface area contributed by atoms with Gasteiger partial charge in [0.2, 0.25) is 0 Å². The maximum Gasteiger partial charge on any atom is 0.133 e. The fraction of sp³-hybridized carbons (Fsp3) is 0.267. The third-order valence-corrected chi connectivity index (χ3v) is 2.88. The zero-order valence-electron chi connectivity index (χ0n) is 11.2. The first-order valence-electron chi connectivity index (χ1n) is 6.38. The van der Waals surface area contributed by atoms with Gasteiger partial charge in [-0.3, -0.25) is 0 Å². The van der Waals surface area contributed by atoms with Crippen molar-refractivity contribution < 1.29 is 4.39 Å². The van der Waals surface area contributed by atoms with Gasteiger partial charge in [0, 0.05) is 18.8 Å². The first kappa shape index (κ1) is 13.5. The second-order valence-corrected chi connectivity index (χ2v) is 4.24. The van der Waals surface area contributed by atoms with Gasteiger partial charge in [-0.15, -0.1) is 0 Å². The zero-order chi connectivity index (χ0) is 13.7. The predicted octanol–water partition coefficient (Wildman–Crippen LogP) is 3.10. The van der Waals surface area contributed by atoms with Gasteiger partial charge in [0.25, 0.3) is 0 Å². The molecule has 2 rings (SSSR count). The van der Waals surface area contributed by atoms with Crippen LogP contribution in [0.25, 0.3) is 0 Å². The van der Waals surface area contributed by atoms with Crippen LogP contribution in [0.2, 0.25) is 0 Å². The molecule has 0 spiro atoms. The number of aromatic nitrogens is 1. The number of nitrogens with one attached hydrogen (secondary N) is 1. The maximum absolute atomic E-state index is 13.0. The molecule has 3 nitrogen and oxygen atoms in total. The highest BCUT2D eigenvalue weighted by molar-refractivity contribution is 5.59. The summed E-state index contributed by atoms with van der Waals surface area (Å²) in [6, 6.07) is 12.4. The van der Waals surface area contributed by atoms with Crippen molar-refractivity contribution in [1.29, 1.82) is 0 Å². The van der Waals surface area contributed by atoms with E-state index in [1.807, 2.05) is 25.2 Å². The van der Waals surface area contributed by atoms with Gasteiger partial charge in [-0.05, 0) is 50.4 Å². The van der Waals surface area contributed by atoms with Crippen molar-refractivity contribution in [3.8, 4) is 0 Å². The lowest BCUT2D eigenvalue weighted by atomic mass is 10.2. The second-order valence-electron chi connectivity index (χ2n) is 4.24. The van der Waals surface area contributed by atoms with Gasteiger partial charge >= 0.3 is 0 Å². The van der Waals surface area contributed by atoms with E-state index < -0.39 is 0 Å². The highest BCUT2D eigenvalue weighted by Gasteiger charge is 2.09. The Kier molecular flexibility index (Phi) is 4.47. The van der Waals surface area contributed by atoms with Crippen molar-refractivity contribution in [3.05, 3.63) is 54.0 Å². The van der Waals surface area contributed by atoms with Crippen molar-refractivity contribution >= 4 is 11.5 Å². The molecule has 0 bridgehead atoms. The highest BCUT2D eigenvalue weighted by Crippen LogP contribution is 2.23. The summed E-state index contributed by atoms with van der Waals surface area (Å²) in [6.07, 6.45) is 0. The van der Waals surface area contributed by atoms with Crippen LogP contribution in [0.3, 0.4) is 0 Å². The van der Waals surface area contributed by atoms with Crippen LogP contribution in [0.5, 0.6) is 0 Å². The Hall–Kier alpha value is -1.94. The molecule has 0 radical (unpaired) electrons. The Morgan fingerprint density at radius 3 is 2.53 bits per heavy atom. The lowest BCUT2D eigenvalue weighted by Crippen LogP contribution is -2.18. The summed E-state index contributed by atoms with van der Waals surface area (Å²) in [7, 11) is 1.89. The van der Waals surface area contributed by atoms with E-state index in [4.69, 9.17) is 0 Å². The van der Waals surface area contributed by atoms with Gasteiger partial charge in [-0.1, -0.05) is 6.07 Å². The molecule has 1 aromatic carbocycles. The summed E-state index contributed by atoms with van der Waals surface area (Å²) < 4.78 is 13.0. The normalized spacial score (nSPS) is 10.5. The number of anilines is 2. The van der Waals surface area contributed by atoms with E-state index in [9.17, 15) is 4.39 Å². The Morgan fingerprint density at radius 1 is 1.16 bits per heavy atom. The molecule has 2 aromatic rings. The van der Waals surface area contributed by atoms with Crippen LogP contribution in [0.15, 0.2) is 42.5 Å². The molecule has 0 saturated carbocycles. The molecule has 0 unspecified atom stereocenters. The number of hydrogen-bond acceptors (Lipinski definition) is 3. The van der Waals surface area contributed by atoms with Crippen LogP contribution in [0.1, 0.15) is 12.6 Å². The minimum Gasteiger partial charge on any atom is -0.327 e. The van der Waals surface area contributed by atoms with Crippen LogP contribution in [-0.2, 0) is 6.54 Å². The van der Waals surface area contributed by atoms with Crippen LogP contribution < -0.4 is 10.2 Å². The van der Waals surface area contributed by atoms with E-state index in [1.54, 1.807) is 12.1 Å². The zero-order valence-corrected chi connectivity index (χ0v) is 11.2. The van der Waals surface area contributed by atoms with E-state index in [0.717, 1.165) is 30.3 Å². The van der Waals surface area contributed by atoms with E-state index in [2.05, 4.69) is 22.1 Å². The number of rotatable bonds is 5. The highest BCUT2D eigenvalue weighted by atomic mass is 19.1. The van der Waals surface area contributed by atoms with Crippen LogP contribution >= 0.6 is 0 Å². The summed E-state index contributed by atoms with van der Waals surface area (Å²) in [4.78, 5) is 6.66. The molecule has 4 heteroatoms. The molecule has 0 amide bonds. The van der Waals surface area contributed by atoms with Gasteiger partial charge < -0.3 is 10.2 Å². The average Bonchev–Trinajstić information content (AvgIpc) is 2.43. The summed E-state index contributed by atoms with van der Waals surface area (Å²) in [5.74, 6) is 0.651. The summed E-state index contributed by atoms with van der Waals surface area (Å²) in [5, 5.41) is 3.08. The van der Waals surface area contributed by atoms with Crippen LogP contribution in [-0.4, -0.2) is 18.6 Å². The molecule has 1 heterocycles. The molecule has 100 valence electrons. The quantitative estimate of drug-likeness (QED) is 0.894. The molecule has 19 heavy (non-hydrogen) atoms. The van der Waals surface area contributed by atoms with Crippen LogP contribution in [0.4, 0.5) is 15.9 Å². The number of halogens is 1. The summed E-state index contributed by atoms with van der Waals surface area (Å²) in [6.45, 7) is 3.56. The van der Waals surface area contributed by atoms with Crippen LogP contribution in [0, 0.1) is 5.82 Å². The predicted molar refractivity (Wildman–Crippen MR) is 76.1 cm³/mol. The third-order valence-electron chi connectivity index (χ3n) is 2.88. The Bertz CT molecular complexity index is 525. The molecule has 0 aliphatic heterocycles. The second kappa shape index (κ2) is 6.29.